The molecule has 1 unspecified atom stereocenters. The molecule has 1 aliphatic rings. The van der Waals surface area contributed by atoms with Crippen LogP contribution in [0.15, 0.2) is 48.7 Å². The Hall–Kier alpha value is -2.56. The summed E-state index contributed by atoms with van der Waals surface area (Å²) in [6, 6.07) is 13.6. The molecule has 1 saturated heterocycles. The lowest BCUT2D eigenvalue weighted by atomic mass is 10.1. The minimum atomic E-state index is -0.268. The molecule has 0 spiro atoms. The van der Waals surface area contributed by atoms with Crippen LogP contribution in [0.1, 0.15) is 36.9 Å². The fourth-order valence-corrected chi connectivity index (χ4v) is 2.96. The highest BCUT2D eigenvalue weighted by Gasteiger charge is 2.31. The summed E-state index contributed by atoms with van der Waals surface area (Å²) in [5.74, 6) is 0.609. The molecule has 24 heavy (non-hydrogen) atoms. The number of benzene rings is 1. The number of hydrogen-bond acceptors (Lipinski definition) is 4. The Morgan fingerprint density at radius 3 is 2.79 bits per heavy atom. The van der Waals surface area contributed by atoms with E-state index in [-0.39, 0.29) is 12.1 Å². The van der Waals surface area contributed by atoms with Crippen LogP contribution < -0.4 is 4.74 Å². The SMILES string of the molecule is CCOc1ccc(C2CCCN2C(=O)OCc2ccccc2)cn1. The zero-order chi connectivity index (χ0) is 16.8. The molecule has 1 aliphatic heterocycles. The number of carbonyl (C=O) groups excluding carboxylic acids is 1. The van der Waals surface area contributed by atoms with Gasteiger partial charge in [0.15, 0.2) is 0 Å². The van der Waals surface area contributed by atoms with Gasteiger partial charge in [-0.25, -0.2) is 9.78 Å². The molecular formula is C19H22N2O3. The second-order valence-electron chi connectivity index (χ2n) is 5.75. The van der Waals surface area contributed by atoms with Gasteiger partial charge >= 0.3 is 6.09 Å². The van der Waals surface area contributed by atoms with Gasteiger partial charge < -0.3 is 14.4 Å². The van der Waals surface area contributed by atoms with E-state index in [4.69, 9.17) is 9.47 Å². The van der Waals surface area contributed by atoms with E-state index in [9.17, 15) is 4.79 Å². The molecule has 1 aromatic heterocycles. The minimum Gasteiger partial charge on any atom is -0.478 e. The monoisotopic (exact) mass is 326 g/mol. The van der Waals surface area contributed by atoms with Crippen molar-refractivity contribution in [2.75, 3.05) is 13.2 Å². The summed E-state index contributed by atoms with van der Waals surface area (Å²) in [5.41, 5.74) is 2.01. The number of aromatic nitrogens is 1. The van der Waals surface area contributed by atoms with Gasteiger partial charge in [-0.3, -0.25) is 0 Å². The van der Waals surface area contributed by atoms with Crippen molar-refractivity contribution in [3.05, 3.63) is 59.8 Å². The normalized spacial score (nSPS) is 16.9. The number of hydrogen-bond donors (Lipinski definition) is 0. The summed E-state index contributed by atoms with van der Waals surface area (Å²) < 4.78 is 10.8. The first kappa shape index (κ1) is 16.3. The van der Waals surface area contributed by atoms with Gasteiger partial charge in [0.1, 0.15) is 6.61 Å². The molecule has 5 heteroatoms. The smallest absolute Gasteiger partial charge is 0.410 e. The van der Waals surface area contributed by atoms with Crippen LogP contribution in [0.3, 0.4) is 0 Å². The third-order valence-electron chi connectivity index (χ3n) is 4.13. The van der Waals surface area contributed by atoms with Gasteiger partial charge in [0.25, 0.3) is 0 Å². The van der Waals surface area contributed by atoms with Crippen molar-refractivity contribution in [1.29, 1.82) is 0 Å². The summed E-state index contributed by atoms with van der Waals surface area (Å²) in [7, 11) is 0. The lowest BCUT2D eigenvalue weighted by Gasteiger charge is -2.24. The van der Waals surface area contributed by atoms with Crippen molar-refractivity contribution in [2.24, 2.45) is 0 Å². The van der Waals surface area contributed by atoms with E-state index in [1.54, 1.807) is 11.1 Å². The van der Waals surface area contributed by atoms with Gasteiger partial charge in [-0.15, -0.1) is 0 Å². The van der Waals surface area contributed by atoms with Crippen LogP contribution in [-0.4, -0.2) is 29.1 Å². The van der Waals surface area contributed by atoms with Gasteiger partial charge in [-0.2, -0.15) is 0 Å². The third kappa shape index (κ3) is 3.85. The Morgan fingerprint density at radius 2 is 2.08 bits per heavy atom. The Labute approximate surface area is 142 Å². The molecule has 0 saturated carbocycles. The molecule has 0 N–H and O–H groups in total. The maximum absolute atomic E-state index is 12.4. The predicted molar refractivity (Wildman–Crippen MR) is 90.7 cm³/mol. The van der Waals surface area contributed by atoms with Crippen LogP contribution in [0.5, 0.6) is 5.88 Å². The first-order valence-corrected chi connectivity index (χ1v) is 8.34. The topological polar surface area (TPSA) is 51.7 Å². The van der Waals surface area contributed by atoms with Crippen molar-refractivity contribution in [2.45, 2.75) is 32.4 Å². The molecule has 1 atom stereocenters. The van der Waals surface area contributed by atoms with Crippen molar-refractivity contribution < 1.29 is 14.3 Å². The highest BCUT2D eigenvalue weighted by molar-refractivity contribution is 5.68. The average Bonchev–Trinajstić information content (AvgIpc) is 3.11. The maximum atomic E-state index is 12.4. The molecule has 0 bridgehead atoms. The standard InChI is InChI=1S/C19H22N2O3/c1-2-23-18-11-10-16(13-20-18)17-9-6-12-21(17)19(22)24-14-15-7-4-3-5-8-15/h3-5,7-8,10-11,13,17H,2,6,9,12,14H2,1H3. The number of ether oxygens (including phenoxy) is 2. The minimum absolute atomic E-state index is 0.0245. The van der Waals surface area contributed by atoms with Crippen molar-refractivity contribution in [3.8, 4) is 5.88 Å². The molecule has 1 fully saturated rings. The third-order valence-corrected chi connectivity index (χ3v) is 4.13. The molecule has 2 aromatic rings. The van der Waals surface area contributed by atoms with Crippen LogP contribution in [0.25, 0.3) is 0 Å². The van der Waals surface area contributed by atoms with Gasteiger partial charge in [0.2, 0.25) is 5.88 Å². The lowest BCUT2D eigenvalue weighted by Crippen LogP contribution is -2.31. The number of likely N-dealkylation sites (tertiary alicyclic amines) is 1. The average molecular weight is 326 g/mol. The number of rotatable bonds is 5. The quantitative estimate of drug-likeness (QED) is 0.835. The van der Waals surface area contributed by atoms with Gasteiger partial charge in [-0.1, -0.05) is 36.4 Å². The van der Waals surface area contributed by atoms with E-state index in [2.05, 4.69) is 4.98 Å². The van der Waals surface area contributed by atoms with Crippen molar-refractivity contribution in [3.63, 3.8) is 0 Å². The lowest BCUT2D eigenvalue weighted by molar-refractivity contribution is 0.0920. The Balaban J connectivity index is 1.63. The van der Waals surface area contributed by atoms with Crippen LogP contribution in [0, 0.1) is 0 Å². The van der Waals surface area contributed by atoms with Gasteiger partial charge in [-0.05, 0) is 30.9 Å². The molecule has 126 valence electrons. The number of pyridine rings is 1. The second kappa shape index (κ2) is 7.81. The first-order chi connectivity index (χ1) is 11.8. The highest BCUT2D eigenvalue weighted by atomic mass is 16.6. The van der Waals surface area contributed by atoms with Gasteiger partial charge in [0, 0.05) is 18.8 Å². The van der Waals surface area contributed by atoms with Crippen molar-refractivity contribution in [1.82, 2.24) is 9.88 Å². The number of amides is 1. The summed E-state index contributed by atoms with van der Waals surface area (Å²) in [6.45, 7) is 3.53. The first-order valence-electron chi connectivity index (χ1n) is 8.34. The second-order valence-corrected chi connectivity index (χ2v) is 5.75. The Bertz CT molecular complexity index is 658. The zero-order valence-electron chi connectivity index (χ0n) is 13.9. The molecule has 2 heterocycles. The number of nitrogens with zero attached hydrogens (tertiary/aromatic N) is 2. The predicted octanol–water partition coefficient (Wildman–Crippen LogP) is 3.95. The Kier molecular flexibility index (Phi) is 5.31. The summed E-state index contributed by atoms with van der Waals surface area (Å²) >= 11 is 0. The number of carbonyl (C=O) groups is 1. The van der Waals surface area contributed by atoms with Crippen LogP contribution in [0.4, 0.5) is 4.79 Å². The van der Waals surface area contributed by atoms with E-state index in [1.807, 2.05) is 49.4 Å². The van der Waals surface area contributed by atoms with E-state index in [1.165, 1.54) is 0 Å². The molecular weight excluding hydrogens is 304 g/mol. The Morgan fingerprint density at radius 1 is 1.25 bits per heavy atom. The van der Waals surface area contributed by atoms with Crippen molar-refractivity contribution >= 4 is 6.09 Å². The summed E-state index contributed by atoms with van der Waals surface area (Å²) in [5, 5.41) is 0. The fourth-order valence-electron chi connectivity index (χ4n) is 2.96. The largest absolute Gasteiger partial charge is 0.478 e. The fraction of sp³-hybridized carbons (Fsp3) is 0.368. The molecule has 5 nitrogen and oxygen atoms in total. The summed E-state index contributed by atoms with van der Waals surface area (Å²) in [4.78, 5) is 18.5. The molecule has 3 rings (SSSR count). The van der Waals surface area contributed by atoms with Crippen LogP contribution in [0.2, 0.25) is 0 Å². The maximum Gasteiger partial charge on any atom is 0.410 e. The van der Waals surface area contributed by atoms with E-state index < -0.39 is 0 Å². The van der Waals surface area contributed by atoms with Crippen LogP contribution >= 0.6 is 0 Å². The molecule has 1 aromatic carbocycles. The highest BCUT2D eigenvalue weighted by Crippen LogP contribution is 2.32. The van der Waals surface area contributed by atoms with E-state index >= 15 is 0 Å². The van der Waals surface area contributed by atoms with E-state index in [0.29, 0.717) is 25.6 Å². The molecule has 0 aliphatic carbocycles. The van der Waals surface area contributed by atoms with E-state index in [0.717, 1.165) is 24.0 Å². The summed E-state index contributed by atoms with van der Waals surface area (Å²) in [6.07, 6.45) is 3.42. The zero-order valence-corrected chi connectivity index (χ0v) is 13.9. The van der Waals surface area contributed by atoms with Crippen LogP contribution in [-0.2, 0) is 11.3 Å². The molecule has 1 amide bonds. The van der Waals surface area contributed by atoms with Gasteiger partial charge in [0.05, 0.1) is 12.6 Å². The molecule has 0 radical (unpaired) electrons.